The van der Waals surface area contributed by atoms with Crippen molar-refractivity contribution in [3.8, 4) is 0 Å². The minimum Gasteiger partial charge on any atom is -0.391 e. The van der Waals surface area contributed by atoms with Gasteiger partial charge in [-0.2, -0.15) is 5.10 Å². The van der Waals surface area contributed by atoms with Gasteiger partial charge in [0.2, 0.25) is 0 Å². The van der Waals surface area contributed by atoms with Gasteiger partial charge in [0.25, 0.3) is 0 Å². The van der Waals surface area contributed by atoms with Gasteiger partial charge >= 0.3 is 0 Å². The van der Waals surface area contributed by atoms with E-state index in [2.05, 4.69) is 26.9 Å². The summed E-state index contributed by atoms with van der Waals surface area (Å²) < 4.78 is 1.91. The summed E-state index contributed by atoms with van der Waals surface area (Å²) in [5.41, 5.74) is 1.23. The Kier molecular flexibility index (Phi) is 4.26. The summed E-state index contributed by atoms with van der Waals surface area (Å²) in [5.74, 6) is 1.24. The summed E-state index contributed by atoms with van der Waals surface area (Å²) >= 11 is 0. The lowest BCUT2D eigenvalue weighted by molar-refractivity contribution is 0.140. The molecule has 6 nitrogen and oxygen atoms in total. The lowest BCUT2D eigenvalue weighted by Crippen LogP contribution is -2.23. The fourth-order valence-corrected chi connectivity index (χ4v) is 2.97. The van der Waals surface area contributed by atoms with Gasteiger partial charge in [-0.1, -0.05) is 0 Å². The molecule has 6 heteroatoms. The van der Waals surface area contributed by atoms with E-state index in [9.17, 15) is 5.11 Å². The molecule has 1 aliphatic rings. The summed E-state index contributed by atoms with van der Waals surface area (Å²) in [6.07, 6.45) is 5.81. The highest BCUT2D eigenvalue weighted by molar-refractivity contribution is 5.11. The standard InChI is InChI=1S/C15H21N5O/c1-2-20-15(17-11-18-20)10-19-8-13(14(21)9-19)7-12-3-5-16-6-4-12/h3-6,11,13-14,21H,2,7-10H2,1H3/t13-,14-/m1/s1. The number of aryl methyl sites for hydroxylation is 1. The third kappa shape index (κ3) is 3.28. The summed E-state index contributed by atoms with van der Waals surface area (Å²) in [5, 5.41) is 14.5. The summed E-state index contributed by atoms with van der Waals surface area (Å²) in [4.78, 5) is 10.6. The zero-order chi connectivity index (χ0) is 14.7. The molecule has 0 unspecified atom stereocenters. The van der Waals surface area contributed by atoms with Gasteiger partial charge in [-0.05, 0) is 31.0 Å². The van der Waals surface area contributed by atoms with Crippen LogP contribution in [-0.4, -0.2) is 48.9 Å². The zero-order valence-corrected chi connectivity index (χ0v) is 12.3. The first-order valence-corrected chi connectivity index (χ1v) is 7.42. The molecule has 1 fully saturated rings. The highest BCUT2D eigenvalue weighted by atomic mass is 16.3. The second-order valence-electron chi connectivity index (χ2n) is 5.57. The number of hydrogen-bond acceptors (Lipinski definition) is 5. The van der Waals surface area contributed by atoms with Crippen molar-refractivity contribution in [2.75, 3.05) is 13.1 Å². The van der Waals surface area contributed by atoms with Crippen LogP contribution in [0, 0.1) is 5.92 Å². The van der Waals surface area contributed by atoms with E-state index in [1.807, 2.05) is 16.8 Å². The van der Waals surface area contributed by atoms with Crippen LogP contribution < -0.4 is 0 Å². The van der Waals surface area contributed by atoms with Crippen LogP contribution in [0.1, 0.15) is 18.3 Å². The summed E-state index contributed by atoms with van der Waals surface area (Å²) in [7, 11) is 0. The number of nitrogens with zero attached hydrogens (tertiary/aromatic N) is 5. The van der Waals surface area contributed by atoms with Crippen LogP contribution in [0.3, 0.4) is 0 Å². The maximum Gasteiger partial charge on any atom is 0.140 e. The number of aliphatic hydroxyl groups is 1. The number of aromatic nitrogens is 4. The Morgan fingerprint density at radius 1 is 1.29 bits per heavy atom. The molecular weight excluding hydrogens is 266 g/mol. The van der Waals surface area contributed by atoms with Gasteiger partial charge in [-0.25, -0.2) is 9.67 Å². The lowest BCUT2D eigenvalue weighted by atomic mass is 9.97. The minimum atomic E-state index is -0.281. The Labute approximate surface area is 124 Å². The summed E-state index contributed by atoms with van der Waals surface area (Å²) in [6.45, 7) is 5.22. The molecule has 1 aliphatic heterocycles. The first kappa shape index (κ1) is 14.2. The number of hydrogen-bond donors (Lipinski definition) is 1. The van der Waals surface area contributed by atoms with Crippen LogP contribution in [0.2, 0.25) is 0 Å². The number of aliphatic hydroxyl groups excluding tert-OH is 1. The van der Waals surface area contributed by atoms with Crippen LogP contribution in [0.25, 0.3) is 0 Å². The Balaban J connectivity index is 1.61. The average molecular weight is 287 g/mol. The molecule has 3 rings (SSSR count). The second kappa shape index (κ2) is 6.32. The first-order valence-electron chi connectivity index (χ1n) is 7.42. The average Bonchev–Trinajstić information content (AvgIpc) is 3.07. The lowest BCUT2D eigenvalue weighted by Gasteiger charge is -2.15. The minimum absolute atomic E-state index is 0.269. The van der Waals surface area contributed by atoms with E-state index >= 15 is 0 Å². The Morgan fingerprint density at radius 2 is 2.10 bits per heavy atom. The Morgan fingerprint density at radius 3 is 2.86 bits per heavy atom. The molecule has 0 saturated carbocycles. The third-order valence-electron chi connectivity index (χ3n) is 4.09. The van der Waals surface area contributed by atoms with Gasteiger partial charge in [0.05, 0.1) is 12.6 Å². The van der Waals surface area contributed by atoms with E-state index in [4.69, 9.17) is 0 Å². The zero-order valence-electron chi connectivity index (χ0n) is 12.3. The normalized spacial score (nSPS) is 22.8. The quantitative estimate of drug-likeness (QED) is 0.878. The molecule has 2 aromatic rings. The van der Waals surface area contributed by atoms with Crippen molar-refractivity contribution in [3.05, 3.63) is 42.2 Å². The van der Waals surface area contributed by atoms with Crippen molar-refractivity contribution in [3.63, 3.8) is 0 Å². The van der Waals surface area contributed by atoms with Crippen molar-refractivity contribution < 1.29 is 5.11 Å². The van der Waals surface area contributed by atoms with Crippen molar-refractivity contribution in [1.82, 2.24) is 24.6 Å². The van der Waals surface area contributed by atoms with Gasteiger partial charge in [0.1, 0.15) is 12.2 Å². The maximum atomic E-state index is 10.3. The van der Waals surface area contributed by atoms with E-state index in [-0.39, 0.29) is 12.0 Å². The van der Waals surface area contributed by atoms with Gasteiger partial charge in [-0.3, -0.25) is 9.88 Å². The van der Waals surface area contributed by atoms with E-state index < -0.39 is 0 Å². The van der Waals surface area contributed by atoms with Crippen LogP contribution in [0.5, 0.6) is 0 Å². The van der Waals surface area contributed by atoms with Crippen LogP contribution in [0.4, 0.5) is 0 Å². The van der Waals surface area contributed by atoms with E-state index in [0.717, 1.165) is 31.9 Å². The van der Waals surface area contributed by atoms with Gasteiger partial charge < -0.3 is 5.11 Å². The van der Waals surface area contributed by atoms with Gasteiger partial charge in [0, 0.05) is 37.9 Å². The van der Waals surface area contributed by atoms with E-state index in [0.29, 0.717) is 6.54 Å². The molecule has 0 amide bonds. The number of likely N-dealkylation sites (tertiary alicyclic amines) is 1. The fraction of sp³-hybridized carbons (Fsp3) is 0.533. The Bertz CT molecular complexity index is 570. The van der Waals surface area contributed by atoms with Gasteiger partial charge in [0.15, 0.2) is 0 Å². The molecule has 3 heterocycles. The molecule has 1 saturated heterocycles. The molecule has 2 aromatic heterocycles. The molecule has 0 spiro atoms. The molecular formula is C15H21N5O. The van der Waals surface area contributed by atoms with E-state index in [1.54, 1.807) is 18.7 Å². The molecule has 0 aromatic carbocycles. The van der Waals surface area contributed by atoms with E-state index in [1.165, 1.54) is 5.56 Å². The van der Waals surface area contributed by atoms with Crippen molar-refractivity contribution >= 4 is 0 Å². The highest BCUT2D eigenvalue weighted by Crippen LogP contribution is 2.22. The fourth-order valence-electron chi connectivity index (χ4n) is 2.97. The largest absolute Gasteiger partial charge is 0.391 e. The topological polar surface area (TPSA) is 67.1 Å². The second-order valence-corrected chi connectivity index (χ2v) is 5.57. The number of β-amino-alcohol motifs (C(OH)–C–C–N with tert-alkyl or cyclic N) is 1. The van der Waals surface area contributed by atoms with Crippen molar-refractivity contribution in [1.29, 1.82) is 0 Å². The Hall–Kier alpha value is -1.79. The summed E-state index contributed by atoms with van der Waals surface area (Å²) in [6, 6.07) is 4.03. The van der Waals surface area contributed by atoms with Crippen LogP contribution in [0.15, 0.2) is 30.9 Å². The highest BCUT2D eigenvalue weighted by Gasteiger charge is 2.31. The molecule has 1 N–H and O–H groups in total. The molecule has 0 bridgehead atoms. The number of pyridine rings is 1. The SMILES string of the molecule is CCn1ncnc1CN1C[C@@H](Cc2ccncc2)[C@H](O)C1. The molecule has 0 radical (unpaired) electrons. The number of rotatable bonds is 5. The maximum absolute atomic E-state index is 10.3. The smallest absolute Gasteiger partial charge is 0.140 e. The van der Waals surface area contributed by atoms with Gasteiger partial charge in [-0.15, -0.1) is 0 Å². The predicted octanol–water partition coefficient (Wildman–Crippen LogP) is 0.728. The predicted molar refractivity (Wildman–Crippen MR) is 78.4 cm³/mol. The monoisotopic (exact) mass is 287 g/mol. The molecule has 2 atom stereocenters. The molecule has 0 aliphatic carbocycles. The van der Waals surface area contributed by atoms with Crippen molar-refractivity contribution in [2.45, 2.75) is 32.5 Å². The molecule has 112 valence electrons. The third-order valence-corrected chi connectivity index (χ3v) is 4.09. The van der Waals surface area contributed by atoms with Crippen LogP contribution >= 0.6 is 0 Å². The van der Waals surface area contributed by atoms with Crippen molar-refractivity contribution in [2.24, 2.45) is 5.92 Å². The van der Waals surface area contributed by atoms with Crippen LogP contribution in [-0.2, 0) is 19.5 Å². The first-order chi connectivity index (χ1) is 10.3. The molecule has 21 heavy (non-hydrogen) atoms.